The molecule has 2 aliphatic rings. The van der Waals surface area contributed by atoms with Gasteiger partial charge in [-0.05, 0) is 12.2 Å². The van der Waals surface area contributed by atoms with Crippen molar-refractivity contribution in [3.05, 3.63) is 24.3 Å². The van der Waals surface area contributed by atoms with Crippen LogP contribution >= 0.6 is 34.8 Å². The number of rotatable bonds is 0. The number of carbonyl (C=O) groups is 3. The van der Waals surface area contributed by atoms with Crippen LogP contribution in [0.25, 0.3) is 0 Å². The summed E-state index contributed by atoms with van der Waals surface area (Å²) in [6.07, 6.45) is 6.20. The number of hydrogen-bond acceptors (Lipinski definition) is 5. The Hall–Kier alpha value is -1.24. The van der Waals surface area contributed by atoms with Gasteiger partial charge in [-0.2, -0.15) is 0 Å². The van der Waals surface area contributed by atoms with E-state index >= 15 is 0 Å². The Morgan fingerprint density at radius 2 is 1.37 bits per heavy atom. The van der Waals surface area contributed by atoms with Crippen LogP contribution in [0.3, 0.4) is 0 Å². The lowest BCUT2D eigenvalue weighted by molar-refractivity contribution is -0.136. The molecule has 0 saturated carbocycles. The van der Waals surface area contributed by atoms with Gasteiger partial charge in [-0.3, -0.25) is 0 Å². The Labute approximate surface area is 123 Å². The van der Waals surface area contributed by atoms with Crippen molar-refractivity contribution in [1.29, 1.82) is 0 Å². The lowest BCUT2D eigenvalue weighted by Gasteiger charge is -1.99. The van der Waals surface area contributed by atoms with E-state index < -0.39 is 9.76 Å². The fourth-order valence-electron chi connectivity index (χ4n) is 0.645. The molecule has 2 aliphatic heterocycles. The molecule has 0 radical (unpaired) electrons. The first-order chi connectivity index (χ1) is 8.73. The van der Waals surface area contributed by atoms with E-state index in [0.717, 1.165) is 0 Å². The summed E-state index contributed by atoms with van der Waals surface area (Å²) < 4.78 is 6.64. The van der Waals surface area contributed by atoms with Gasteiger partial charge in [0.2, 0.25) is 0 Å². The monoisotopic (exact) mass is 330 g/mol. The highest BCUT2D eigenvalue weighted by Gasteiger charge is 2.29. The third-order valence-electron chi connectivity index (χ3n) is 1.39. The van der Waals surface area contributed by atoms with E-state index in [9.17, 15) is 14.4 Å². The van der Waals surface area contributed by atoms with Crippen LogP contribution in [0, 0.1) is 0 Å². The Morgan fingerprint density at radius 3 is 1.42 bits per heavy atom. The summed E-state index contributed by atoms with van der Waals surface area (Å²) in [7, 11) is 0. The Bertz CT molecular complexity index is 371. The number of cyclic esters (lactones) is 2. The number of carboxylic acid groups (broad SMARTS) is 1. The Morgan fingerprint density at radius 1 is 1.05 bits per heavy atom. The molecule has 9 heteroatoms. The van der Waals surface area contributed by atoms with Crippen LogP contribution < -0.4 is 0 Å². The second-order valence-corrected chi connectivity index (χ2v) is 5.15. The molecule has 0 fully saturated rings. The zero-order valence-electron chi connectivity index (χ0n) is 9.35. The van der Waals surface area contributed by atoms with Crippen molar-refractivity contribution in [1.82, 2.24) is 0 Å². The zero-order chi connectivity index (χ0) is 14.9. The molecule has 0 aromatic heterocycles. The second-order valence-electron chi connectivity index (χ2n) is 2.87. The second kappa shape index (κ2) is 8.79. The molecule has 0 aromatic rings. The predicted molar refractivity (Wildman–Crippen MR) is 68.1 cm³/mol. The van der Waals surface area contributed by atoms with E-state index in [-0.39, 0.29) is 11.9 Å². The average molecular weight is 332 g/mol. The number of carbonyl (C=O) groups excluding carboxylic acids is 2. The van der Waals surface area contributed by atoms with Crippen LogP contribution in [0.1, 0.15) is 0 Å². The smallest absolute Gasteiger partial charge is 0.356 e. The Kier molecular flexibility index (Phi) is 8.22. The van der Waals surface area contributed by atoms with E-state index in [2.05, 4.69) is 9.47 Å². The van der Waals surface area contributed by atoms with Gasteiger partial charge in [-0.25, -0.2) is 14.4 Å². The summed E-state index contributed by atoms with van der Waals surface area (Å²) in [5.74, 6) is -1.91. The SMILES string of the molecule is O=C(O)C(Cl)(Cl)Cl.O=C1C=CCO1.O=C1C=CCO1. The van der Waals surface area contributed by atoms with Crippen LogP contribution in [0.15, 0.2) is 24.3 Å². The molecule has 0 bridgehead atoms. The molecule has 1 N–H and O–H groups in total. The minimum absolute atomic E-state index is 0.227. The van der Waals surface area contributed by atoms with Crippen LogP contribution in [-0.2, 0) is 23.9 Å². The van der Waals surface area contributed by atoms with Crippen molar-refractivity contribution in [3.8, 4) is 0 Å². The van der Waals surface area contributed by atoms with Crippen LogP contribution in [0.2, 0.25) is 0 Å². The average Bonchev–Trinajstić information content (AvgIpc) is 2.92. The maximum atomic E-state index is 9.93. The summed E-state index contributed by atoms with van der Waals surface area (Å²) in [4.78, 5) is 29.5. The molecule has 0 unspecified atom stereocenters. The molecule has 2 rings (SSSR count). The predicted octanol–water partition coefficient (Wildman–Crippen LogP) is 1.64. The third-order valence-corrected chi connectivity index (χ3v) is 1.88. The molecule has 0 spiro atoms. The summed E-state index contributed by atoms with van der Waals surface area (Å²) in [6.45, 7) is 0.914. The number of carboxylic acids is 1. The molecular weight excluding hydrogens is 322 g/mol. The maximum Gasteiger partial charge on any atom is 0.356 e. The van der Waals surface area contributed by atoms with Gasteiger partial charge in [0, 0.05) is 12.2 Å². The molecule has 0 aliphatic carbocycles. The number of ether oxygens (including phenoxy) is 2. The highest BCUT2D eigenvalue weighted by molar-refractivity contribution is 6.75. The van der Waals surface area contributed by atoms with Gasteiger partial charge in [-0.1, -0.05) is 34.8 Å². The molecule has 0 saturated heterocycles. The normalized spacial score (nSPS) is 15.7. The minimum atomic E-state index is -2.17. The van der Waals surface area contributed by atoms with Gasteiger partial charge in [0.05, 0.1) is 0 Å². The van der Waals surface area contributed by atoms with E-state index in [4.69, 9.17) is 39.9 Å². The fourth-order valence-corrected chi connectivity index (χ4v) is 0.645. The number of hydrogen-bond donors (Lipinski definition) is 1. The number of halogens is 3. The molecule has 0 atom stereocenters. The fraction of sp³-hybridized carbons (Fsp3) is 0.300. The van der Waals surface area contributed by atoms with E-state index in [1.165, 1.54) is 12.2 Å². The van der Waals surface area contributed by atoms with Crippen molar-refractivity contribution >= 4 is 52.7 Å². The standard InChI is InChI=1S/2C4H4O2.C2HCl3O2/c2*5-4-2-1-3-6-4;3-2(4,5)1(6)7/h2*1-2H,3H2;(H,6,7). The lowest BCUT2D eigenvalue weighted by atomic mass is 10.6. The molecule has 0 amide bonds. The van der Waals surface area contributed by atoms with Crippen LogP contribution in [-0.4, -0.2) is 40.0 Å². The molecular formula is C10H9Cl3O6. The molecule has 19 heavy (non-hydrogen) atoms. The van der Waals surface area contributed by atoms with Gasteiger partial charge in [0.15, 0.2) is 0 Å². The van der Waals surface area contributed by atoms with Crippen molar-refractivity contribution in [2.75, 3.05) is 13.2 Å². The van der Waals surface area contributed by atoms with Gasteiger partial charge in [-0.15, -0.1) is 0 Å². The van der Waals surface area contributed by atoms with Crippen LogP contribution in [0.5, 0.6) is 0 Å². The van der Waals surface area contributed by atoms with Crippen molar-refractivity contribution in [2.24, 2.45) is 0 Å². The van der Waals surface area contributed by atoms with E-state index in [0.29, 0.717) is 13.2 Å². The van der Waals surface area contributed by atoms with E-state index in [1.807, 2.05) is 0 Å². The molecule has 0 aromatic carbocycles. The first-order valence-electron chi connectivity index (χ1n) is 4.70. The van der Waals surface area contributed by atoms with Gasteiger partial charge < -0.3 is 14.6 Å². The van der Waals surface area contributed by atoms with Gasteiger partial charge >= 0.3 is 17.9 Å². The largest absolute Gasteiger partial charge is 0.478 e. The van der Waals surface area contributed by atoms with Gasteiger partial charge in [0.1, 0.15) is 13.2 Å². The Balaban J connectivity index is 0.000000256. The minimum Gasteiger partial charge on any atom is -0.478 e. The zero-order valence-corrected chi connectivity index (χ0v) is 11.6. The lowest BCUT2D eigenvalue weighted by Crippen LogP contribution is -2.16. The first-order valence-corrected chi connectivity index (χ1v) is 5.83. The molecule has 6 nitrogen and oxygen atoms in total. The maximum absolute atomic E-state index is 9.93. The molecule has 106 valence electrons. The number of esters is 2. The quantitative estimate of drug-likeness (QED) is 0.536. The number of alkyl halides is 3. The van der Waals surface area contributed by atoms with E-state index in [1.54, 1.807) is 12.2 Å². The van der Waals surface area contributed by atoms with Crippen molar-refractivity contribution in [3.63, 3.8) is 0 Å². The summed E-state index contributed by atoms with van der Waals surface area (Å²) in [6, 6.07) is 0. The third kappa shape index (κ3) is 10.4. The summed E-state index contributed by atoms with van der Waals surface area (Å²) >= 11 is 14.4. The van der Waals surface area contributed by atoms with Crippen LogP contribution in [0.4, 0.5) is 0 Å². The first kappa shape index (κ1) is 17.8. The summed E-state index contributed by atoms with van der Waals surface area (Å²) in [5.41, 5.74) is 0. The highest BCUT2D eigenvalue weighted by atomic mass is 35.6. The topological polar surface area (TPSA) is 89.9 Å². The summed E-state index contributed by atoms with van der Waals surface area (Å²) in [5, 5.41) is 7.85. The molecule has 2 heterocycles. The number of aliphatic carboxylic acids is 1. The van der Waals surface area contributed by atoms with Crippen molar-refractivity contribution < 1.29 is 29.0 Å². The van der Waals surface area contributed by atoms with Crippen molar-refractivity contribution in [2.45, 2.75) is 3.79 Å². The van der Waals surface area contributed by atoms with Gasteiger partial charge in [0.25, 0.3) is 3.79 Å². The highest BCUT2D eigenvalue weighted by Crippen LogP contribution is 2.25.